The van der Waals surface area contributed by atoms with E-state index < -0.39 is 22.6 Å². The standard InChI is InChI=1S/C16H17N3O5S2/c1-18(9-12-4-7-25-11-12)14(20)10-24-16(21)13-3-2-5-19-6-8-26(22,23)17-15(13)19/h2-5,7,11H,6,8-10H2,1H3. The first-order chi connectivity index (χ1) is 12.4. The van der Waals surface area contributed by atoms with E-state index in [0.717, 1.165) is 5.56 Å². The van der Waals surface area contributed by atoms with Crippen molar-refractivity contribution < 1.29 is 22.7 Å². The van der Waals surface area contributed by atoms with E-state index in [1.807, 2.05) is 16.8 Å². The molecule has 1 aromatic rings. The zero-order valence-electron chi connectivity index (χ0n) is 14.0. The van der Waals surface area contributed by atoms with Crippen molar-refractivity contribution in [1.29, 1.82) is 0 Å². The molecule has 2 aliphatic heterocycles. The quantitative estimate of drug-likeness (QED) is 0.683. The Morgan fingerprint density at radius 2 is 2.23 bits per heavy atom. The van der Waals surface area contributed by atoms with Crippen LogP contribution in [0.15, 0.2) is 45.1 Å². The van der Waals surface area contributed by atoms with Gasteiger partial charge in [-0.2, -0.15) is 11.3 Å². The number of sulfonamides is 1. The molecule has 1 aromatic heterocycles. The lowest BCUT2D eigenvalue weighted by molar-refractivity contribution is -0.148. The van der Waals surface area contributed by atoms with E-state index in [9.17, 15) is 18.0 Å². The summed E-state index contributed by atoms with van der Waals surface area (Å²) in [5.41, 5.74) is 1.01. The summed E-state index contributed by atoms with van der Waals surface area (Å²) in [5, 5.41) is 3.85. The Bertz CT molecular complexity index is 900. The zero-order valence-corrected chi connectivity index (χ0v) is 15.6. The summed E-state index contributed by atoms with van der Waals surface area (Å²) >= 11 is 1.54. The lowest BCUT2D eigenvalue weighted by atomic mass is 10.1. The van der Waals surface area contributed by atoms with Gasteiger partial charge in [-0.1, -0.05) is 0 Å². The Labute approximate surface area is 155 Å². The number of amides is 1. The number of hydrogen-bond donors (Lipinski definition) is 0. The predicted octanol–water partition coefficient (Wildman–Crippen LogP) is 0.747. The van der Waals surface area contributed by atoms with Gasteiger partial charge in [0.15, 0.2) is 12.4 Å². The minimum absolute atomic E-state index is 0.0177. The third kappa shape index (κ3) is 4.20. The van der Waals surface area contributed by atoms with E-state index in [0.29, 0.717) is 6.54 Å². The van der Waals surface area contributed by atoms with Crippen LogP contribution < -0.4 is 0 Å². The number of carbonyl (C=O) groups excluding carboxylic acids is 2. The highest BCUT2D eigenvalue weighted by atomic mass is 32.2. The van der Waals surface area contributed by atoms with Crippen LogP contribution in [0.5, 0.6) is 0 Å². The molecular weight excluding hydrogens is 378 g/mol. The zero-order chi connectivity index (χ0) is 18.7. The maximum absolute atomic E-state index is 12.3. The number of carbonyl (C=O) groups is 2. The first-order valence-corrected chi connectivity index (χ1v) is 10.3. The molecule has 138 valence electrons. The first kappa shape index (κ1) is 18.3. The van der Waals surface area contributed by atoms with Crippen molar-refractivity contribution in [3.05, 3.63) is 46.3 Å². The molecule has 3 heterocycles. The van der Waals surface area contributed by atoms with E-state index in [1.54, 1.807) is 24.2 Å². The number of nitrogens with zero attached hydrogens (tertiary/aromatic N) is 3. The van der Waals surface area contributed by atoms with Crippen LogP contribution in [-0.4, -0.2) is 61.9 Å². The van der Waals surface area contributed by atoms with E-state index in [-0.39, 0.29) is 29.6 Å². The number of fused-ring (bicyclic) bond motifs is 1. The fourth-order valence-corrected chi connectivity index (χ4v) is 4.08. The average molecular weight is 395 g/mol. The van der Waals surface area contributed by atoms with Crippen molar-refractivity contribution >= 4 is 39.1 Å². The van der Waals surface area contributed by atoms with Gasteiger partial charge >= 0.3 is 5.97 Å². The molecule has 0 spiro atoms. The highest BCUT2D eigenvalue weighted by molar-refractivity contribution is 7.90. The molecule has 0 N–H and O–H groups in total. The molecule has 0 radical (unpaired) electrons. The normalized spacial score (nSPS) is 17.8. The molecule has 0 unspecified atom stereocenters. The number of ether oxygens (including phenoxy) is 1. The van der Waals surface area contributed by atoms with Crippen molar-refractivity contribution in [2.75, 3.05) is 26.0 Å². The van der Waals surface area contributed by atoms with Gasteiger partial charge in [0.2, 0.25) is 0 Å². The highest BCUT2D eigenvalue weighted by Crippen LogP contribution is 2.18. The van der Waals surface area contributed by atoms with Crippen LogP contribution in [0.3, 0.4) is 0 Å². The van der Waals surface area contributed by atoms with Gasteiger partial charge in [-0.05, 0) is 34.5 Å². The Morgan fingerprint density at radius 1 is 1.42 bits per heavy atom. The number of hydrogen-bond acceptors (Lipinski definition) is 7. The lowest BCUT2D eigenvalue weighted by Gasteiger charge is -2.28. The lowest BCUT2D eigenvalue weighted by Crippen LogP contribution is -2.40. The van der Waals surface area contributed by atoms with Crippen LogP contribution in [0.25, 0.3) is 0 Å². The maximum Gasteiger partial charge on any atom is 0.342 e. The van der Waals surface area contributed by atoms with Gasteiger partial charge in [-0.3, -0.25) is 4.79 Å². The summed E-state index contributed by atoms with van der Waals surface area (Å²) in [5.74, 6) is -1.23. The molecule has 3 rings (SSSR count). The summed E-state index contributed by atoms with van der Waals surface area (Å²) in [6, 6.07) is 1.91. The SMILES string of the molecule is CN(Cc1ccsc1)C(=O)COC(=O)C1=CC=CN2CCS(=O)(=O)N=C12. The number of thiophene rings is 1. The Kier molecular flexibility index (Phi) is 5.23. The fourth-order valence-electron chi connectivity index (χ4n) is 2.44. The van der Waals surface area contributed by atoms with Crippen LogP contribution in [0.2, 0.25) is 0 Å². The van der Waals surface area contributed by atoms with Crippen molar-refractivity contribution in [2.24, 2.45) is 4.40 Å². The fraction of sp³-hybridized carbons (Fsp3) is 0.312. The van der Waals surface area contributed by atoms with Crippen molar-refractivity contribution in [1.82, 2.24) is 9.80 Å². The second-order valence-corrected chi connectivity index (χ2v) is 8.31. The summed E-state index contributed by atoms with van der Waals surface area (Å²) in [6.07, 6.45) is 4.68. The van der Waals surface area contributed by atoms with Crippen molar-refractivity contribution in [2.45, 2.75) is 6.54 Å². The highest BCUT2D eigenvalue weighted by Gasteiger charge is 2.31. The van der Waals surface area contributed by atoms with Crippen molar-refractivity contribution in [3.8, 4) is 0 Å². The van der Waals surface area contributed by atoms with E-state index in [4.69, 9.17) is 4.74 Å². The molecule has 0 atom stereocenters. The molecule has 0 aliphatic carbocycles. The molecule has 0 saturated carbocycles. The van der Waals surface area contributed by atoms with E-state index in [1.165, 1.54) is 22.3 Å². The van der Waals surface area contributed by atoms with Crippen LogP contribution in [0, 0.1) is 0 Å². The number of esters is 1. The smallest absolute Gasteiger partial charge is 0.342 e. The largest absolute Gasteiger partial charge is 0.452 e. The first-order valence-electron chi connectivity index (χ1n) is 7.76. The number of rotatable bonds is 5. The van der Waals surface area contributed by atoms with Crippen LogP contribution in [0.4, 0.5) is 0 Å². The summed E-state index contributed by atoms with van der Waals surface area (Å²) in [7, 11) is -1.98. The average Bonchev–Trinajstić information content (AvgIpc) is 3.11. The second-order valence-electron chi connectivity index (χ2n) is 5.77. The summed E-state index contributed by atoms with van der Waals surface area (Å²) < 4.78 is 32.1. The van der Waals surface area contributed by atoms with Gasteiger partial charge in [-0.15, -0.1) is 4.40 Å². The van der Waals surface area contributed by atoms with Crippen molar-refractivity contribution in [3.63, 3.8) is 0 Å². The molecule has 0 saturated heterocycles. The molecule has 26 heavy (non-hydrogen) atoms. The number of amidine groups is 1. The van der Waals surface area contributed by atoms with E-state index >= 15 is 0 Å². The Balaban J connectivity index is 1.62. The van der Waals surface area contributed by atoms with Gasteiger partial charge < -0.3 is 14.5 Å². The molecular formula is C16H17N3O5S2. The Hall–Kier alpha value is -2.46. The van der Waals surface area contributed by atoms with Gasteiger partial charge in [0.25, 0.3) is 15.9 Å². The number of allylic oxidation sites excluding steroid dienone is 2. The van der Waals surface area contributed by atoms with Gasteiger partial charge in [0.05, 0.1) is 5.75 Å². The third-order valence-electron chi connectivity index (χ3n) is 3.83. The molecule has 2 aliphatic rings. The minimum Gasteiger partial charge on any atom is -0.452 e. The molecule has 8 nitrogen and oxygen atoms in total. The van der Waals surface area contributed by atoms with Crippen LogP contribution >= 0.6 is 11.3 Å². The van der Waals surface area contributed by atoms with Crippen LogP contribution in [0.1, 0.15) is 5.56 Å². The predicted molar refractivity (Wildman–Crippen MR) is 96.9 cm³/mol. The van der Waals surface area contributed by atoms with Crippen LogP contribution in [-0.2, 0) is 30.9 Å². The van der Waals surface area contributed by atoms with E-state index in [2.05, 4.69) is 4.40 Å². The second kappa shape index (κ2) is 7.42. The molecule has 0 fully saturated rings. The van der Waals surface area contributed by atoms with Gasteiger partial charge in [0, 0.05) is 26.3 Å². The molecule has 10 heteroatoms. The van der Waals surface area contributed by atoms with Gasteiger partial charge in [0.1, 0.15) is 5.57 Å². The topological polar surface area (TPSA) is 96.4 Å². The maximum atomic E-state index is 12.3. The summed E-state index contributed by atoms with van der Waals surface area (Å²) in [6.45, 7) is 0.204. The van der Waals surface area contributed by atoms with Gasteiger partial charge in [-0.25, -0.2) is 13.2 Å². The number of likely N-dealkylation sites (N-methyl/N-ethyl adjacent to an activating group) is 1. The third-order valence-corrected chi connectivity index (χ3v) is 5.71. The summed E-state index contributed by atoms with van der Waals surface area (Å²) in [4.78, 5) is 27.5. The molecule has 0 aromatic carbocycles. The Morgan fingerprint density at radius 3 is 2.96 bits per heavy atom. The minimum atomic E-state index is -3.60. The molecule has 0 bridgehead atoms. The molecule has 1 amide bonds. The monoisotopic (exact) mass is 395 g/mol.